The van der Waals surface area contributed by atoms with Crippen LogP contribution in [0.5, 0.6) is 17.2 Å². The van der Waals surface area contributed by atoms with E-state index in [1.165, 1.54) is 18.2 Å². The summed E-state index contributed by atoms with van der Waals surface area (Å²) in [7, 11) is -3.41. The minimum absolute atomic E-state index is 0.0796. The molecule has 8 heteroatoms. The van der Waals surface area contributed by atoms with Gasteiger partial charge >= 0.3 is 0 Å². The van der Waals surface area contributed by atoms with E-state index in [9.17, 15) is 17.9 Å². The second-order valence-corrected chi connectivity index (χ2v) is 6.02. The van der Waals surface area contributed by atoms with Gasteiger partial charge in [-0.15, -0.1) is 0 Å². The van der Waals surface area contributed by atoms with Gasteiger partial charge in [0.25, 0.3) is 0 Å². The number of nitrogens with zero attached hydrogens (tertiary/aromatic N) is 1. The summed E-state index contributed by atoms with van der Waals surface area (Å²) in [6, 6.07) is 4.77. The zero-order chi connectivity index (χ0) is 14.9. The number of ether oxygens (including phenoxy) is 1. The number of hydrogen-bond donors (Lipinski definition) is 2. The van der Waals surface area contributed by atoms with Gasteiger partial charge in [-0.05, 0) is 12.1 Å². The lowest BCUT2D eigenvalue weighted by Crippen LogP contribution is -2.00. The molecule has 3 N–H and O–H groups in total. The van der Waals surface area contributed by atoms with Crippen molar-refractivity contribution in [1.29, 1.82) is 0 Å². The quantitative estimate of drug-likeness (QED) is 0.660. The third-order valence-electron chi connectivity index (χ3n) is 2.37. The van der Waals surface area contributed by atoms with Gasteiger partial charge in [-0.2, -0.15) is 0 Å². The Morgan fingerprint density at radius 1 is 1.35 bits per heavy atom. The van der Waals surface area contributed by atoms with Gasteiger partial charge in [0.2, 0.25) is 0 Å². The van der Waals surface area contributed by atoms with E-state index < -0.39 is 21.4 Å². The van der Waals surface area contributed by atoms with Gasteiger partial charge in [-0.1, -0.05) is 0 Å². The molecule has 0 aliphatic rings. The SMILES string of the molecule is CS(=O)(=O)c1ccc(Oc2cc(N)cc(F)c2O)cn1. The number of halogens is 1. The first-order valence-corrected chi connectivity index (χ1v) is 7.28. The summed E-state index contributed by atoms with van der Waals surface area (Å²) in [5.74, 6) is -1.65. The Bertz CT molecular complexity index is 745. The number of nitrogen functional groups attached to an aromatic ring is 1. The molecule has 0 saturated heterocycles. The molecule has 6 nitrogen and oxygen atoms in total. The molecule has 0 aliphatic heterocycles. The Balaban J connectivity index is 2.32. The number of aromatic nitrogens is 1. The average molecular weight is 298 g/mol. The maximum absolute atomic E-state index is 13.3. The highest BCUT2D eigenvalue weighted by atomic mass is 32.2. The van der Waals surface area contributed by atoms with Gasteiger partial charge in [0, 0.05) is 24.1 Å². The van der Waals surface area contributed by atoms with Crippen LogP contribution in [-0.4, -0.2) is 24.8 Å². The molecule has 0 radical (unpaired) electrons. The number of pyridine rings is 1. The van der Waals surface area contributed by atoms with Crippen LogP contribution in [0.1, 0.15) is 0 Å². The van der Waals surface area contributed by atoms with Crippen LogP contribution in [0.4, 0.5) is 10.1 Å². The summed E-state index contributed by atoms with van der Waals surface area (Å²) in [6.07, 6.45) is 2.17. The second kappa shape index (κ2) is 4.97. The van der Waals surface area contributed by atoms with Gasteiger partial charge < -0.3 is 15.6 Å². The number of phenolic OH excluding ortho intramolecular Hbond substituents is 1. The van der Waals surface area contributed by atoms with Crippen molar-refractivity contribution in [3.8, 4) is 17.2 Å². The first kappa shape index (κ1) is 14.1. The minimum atomic E-state index is -3.41. The number of hydrogen-bond acceptors (Lipinski definition) is 6. The topological polar surface area (TPSA) is 103 Å². The molecule has 106 valence electrons. The lowest BCUT2D eigenvalue weighted by Gasteiger charge is -2.09. The number of sulfone groups is 1. The molecule has 2 aromatic rings. The maximum atomic E-state index is 13.3. The van der Waals surface area contributed by atoms with Crippen molar-refractivity contribution in [2.24, 2.45) is 0 Å². The van der Waals surface area contributed by atoms with Crippen molar-refractivity contribution in [2.45, 2.75) is 5.03 Å². The lowest BCUT2D eigenvalue weighted by molar-refractivity contribution is 0.385. The van der Waals surface area contributed by atoms with Crippen LogP contribution in [0.25, 0.3) is 0 Å². The minimum Gasteiger partial charge on any atom is -0.502 e. The third-order valence-corrected chi connectivity index (χ3v) is 3.37. The van der Waals surface area contributed by atoms with Gasteiger partial charge in [0.05, 0.1) is 6.20 Å². The van der Waals surface area contributed by atoms with Gasteiger partial charge in [-0.3, -0.25) is 0 Å². The molecule has 0 bridgehead atoms. The van der Waals surface area contributed by atoms with Crippen molar-refractivity contribution in [1.82, 2.24) is 4.98 Å². The van der Waals surface area contributed by atoms with E-state index in [2.05, 4.69) is 4.98 Å². The highest BCUT2D eigenvalue weighted by molar-refractivity contribution is 7.90. The Hall–Kier alpha value is -2.35. The fourth-order valence-corrected chi connectivity index (χ4v) is 2.00. The van der Waals surface area contributed by atoms with Gasteiger partial charge in [-0.25, -0.2) is 17.8 Å². The molecular formula is C12H11FN2O4S. The standard InChI is InChI=1S/C12H11FN2O4S/c1-20(17,18)11-3-2-8(6-15-11)19-10-5-7(14)4-9(13)12(10)16/h2-6,16H,14H2,1H3. The third kappa shape index (κ3) is 2.97. The fraction of sp³-hybridized carbons (Fsp3) is 0.0833. The molecule has 0 atom stereocenters. The van der Waals surface area contributed by atoms with Crippen LogP contribution in [0.3, 0.4) is 0 Å². The number of anilines is 1. The number of nitrogens with two attached hydrogens (primary N) is 1. The van der Waals surface area contributed by atoms with Crippen LogP contribution in [-0.2, 0) is 9.84 Å². The van der Waals surface area contributed by atoms with Crippen molar-refractivity contribution in [2.75, 3.05) is 12.0 Å². The van der Waals surface area contributed by atoms with Gasteiger partial charge in [0.1, 0.15) is 5.75 Å². The van der Waals surface area contributed by atoms with Crippen LogP contribution in [0.15, 0.2) is 35.5 Å². The zero-order valence-corrected chi connectivity index (χ0v) is 11.2. The predicted octanol–water partition coefficient (Wildman–Crippen LogP) is 1.70. The predicted molar refractivity (Wildman–Crippen MR) is 69.9 cm³/mol. The Kier molecular flexibility index (Phi) is 3.49. The van der Waals surface area contributed by atoms with E-state index in [-0.39, 0.29) is 22.2 Å². The molecule has 0 spiro atoms. The molecule has 0 unspecified atom stereocenters. The van der Waals surface area contributed by atoms with Crippen LogP contribution in [0.2, 0.25) is 0 Å². The van der Waals surface area contributed by atoms with Crippen LogP contribution >= 0.6 is 0 Å². The number of phenols is 1. The molecule has 0 amide bonds. The van der Waals surface area contributed by atoms with E-state index >= 15 is 0 Å². The Morgan fingerprint density at radius 3 is 2.60 bits per heavy atom. The highest BCUT2D eigenvalue weighted by Crippen LogP contribution is 2.34. The molecule has 0 saturated carbocycles. The second-order valence-electron chi connectivity index (χ2n) is 4.06. The summed E-state index contributed by atoms with van der Waals surface area (Å²) in [5, 5.41) is 9.38. The molecule has 1 heterocycles. The fourth-order valence-electron chi connectivity index (χ4n) is 1.44. The summed E-state index contributed by atoms with van der Waals surface area (Å²) in [5.41, 5.74) is 5.52. The van der Waals surface area contributed by atoms with E-state index in [0.717, 1.165) is 18.5 Å². The highest BCUT2D eigenvalue weighted by Gasteiger charge is 2.13. The molecular weight excluding hydrogens is 287 g/mol. The largest absolute Gasteiger partial charge is 0.502 e. The van der Waals surface area contributed by atoms with Crippen molar-refractivity contribution < 1.29 is 22.7 Å². The van der Waals surface area contributed by atoms with E-state index in [1.807, 2.05) is 0 Å². The lowest BCUT2D eigenvalue weighted by atomic mass is 10.2. The normalized spacial score (nSPS) is 11.3. The monoisotopic (exact) mass is 298 g/mol. The summed E-state index contributed by atoms with van der Waals surface area (Å²) in [4.78, 5) is 3.70. The summed E-state index contributed by atoms with van der Waals surface area (Å²) in [6.45, 7) is 0. The van der Waals surface area contributed by atoms with Gasteiger partial charge in [0.15, 0.2) is 32.2 Å². The molecule has 2 rings (SSSR count). The van der Waals surface area contributed by atoms with Crippen molar-refractivity contribution in [3.63, 3.8) is 0 Å². The number of benzene rings is 1. The number of aromatic hydroxyl groups is 1. The van der Waals surface area contributed by atoms with Crippen LogP contribution < -0.4 is 10.5 Å². The Morgan fingerprint density at radius 2 is 2.05 bits per heavy atom. The average Bonchev–Trinajstić information content (AvgIpc) is 2.35. The number of rotatable bonds is 3. The maximum Gasteiger partial charge on any atom is 0.195 e. The zero-order valence-electron chi connectivity index (χ0n) is 10.4. The molecule has 0 fully saturated rings. The molecule has 20 heavy (non-hydrogen) atoms. The summed E-state index contributed by atoms with van der Waals surface area (Å²) < 4.78 is 40.9. The molecule has 1 aromatic carbocycles. The van der Waals surface area contributed by atoms with Crippen molar-refractivity contribution >= 4 is 15.5 Å². The summed E-state index contributed by atoms with van der Waals surface area (Å²) >= 11 is 0. The van der Waals surface area contributed by atoms with Crippen LogP contribution in [0, 0.1) is 5.82 Å². The molecule has 0 aliphatic carbocycles. The first-order chi connectivity index (χ1) is 9.27. The molecule has 1 aromatic heterocycles. The van der Waals surface area contributed by atoms with E-state index in [4.69, 9.17) is 10.5 Å². The first-order valence-electron chi connectivity index (χ1n) is 5.39. The van der Waals surface area contributed by atoms with E-state index in [0.29, 0.717) is 0 Å². The van der Waals surface area contributed by atoms with E-state index in [1.54, 1.807) is 0 Å². The smallest absolute Gasteiger partial charge is 0.195 e. The Labute approximate surface area is 114 Å². The van der Waals surface area contributed by atoms with Crippen molar-refractivity contribution in [3.05, 3.63) is 36.3 Å².